The molecule has 0 unspecified atom stereocenters. The van der Waals surface area contributed by atoms with Crippen molar-refractivity contribution in [2.24, 2.45) is 0 Å². The Morgan fingerprint density at radius 1 is 1.19 bits per heavy atom. The van der Waals surface area contributed by atoms with Crippen LogP contribution in [0.2, 0.25) is 0 Å². The first-order valence-corrected chi connectivity index (χ1v) is 12.1. The molecule has 2 amide bonds. The molecule has 2 aromatic rings. The summed E-state index contributed by atoms with van der Waals surface area (Å²) in [6, 6.07) is 12.1. The third kappa shape index (κ3) is 4.20. The van der Waals surface area contributed by atoms with Gasteiger partial charge < -0.3 is 4.90 Å². The van der Waals surface area contributed by atoms with Gasteiger partial charge in [0.15, 0.2) is 0 Å². The van der Waals surface area contributed by atoms with E-state index in [9.17, 15) is 9.59 Å². The molecule has 4 rings (SSSR count). The maximum Gasteiger partial charge on any atom is 0.293 e. The Hall–Kier alpha value is -2.05. The highest BCUT2D eigenvalue weighted by Gasteiger charge is 2.36. The van der Waals surface area contributed by atoms with E-state index in [4.69, 9.17) is 0 Å². The minimum Gasteiger partial charge on any atom is -0.369 e. The van der Waals surface area contributed by atoms with Crippen LogP contribution >= 0.6 is 27.7 Å². The number of imide groups is 1. The molecule has 162 valence electrons. The van der Waals surface area contributed by atoms with Gasteiger partial charge in [-0.05, 0) is 97.5 Å². The first-order valence-electron chi connectivity index (χ1n) is 10.4. The van der Waals surface area contributed by atoms with Crippen molar-refractivity contribution in [3.05, 3.63) is 68.0 Å². The number of benzene rings is 2. The molecule has 6 heteroatoms. The van der Waals surface area contributed by atoms with Crippen LogP contribution in [0, 0.1) is 6.92 Å². The Morgan fingerprint density at radius 2 is 1.87 bits per heavy atom. The molecule has 0 N–H and O–H groups in total. The fourth-order valence-corrected chi connectivity index (χ4v) is 5.53. The third-order valence-corrected chi connectivity index (χ3v) is 7.87. The predicted molar refractivity (Wildman–Crippen MR) is 132 cm³/mol. The quantitative estimate of drug-likeness (QED) is 0.440. The minimum atomic E-state index is -0.221. The first-order chi connectivity index (χ1) is 14.6. The van der Waals surface area contributed by atoms with Crippen LogP contribution in [-0.2, 0) is 11.3 Å². The van der Waals surface area contributed by atoms with Gasteiger partial charge in [0.2, 0.25) is 0 Å². The van der Waals surface area contributed by atoms with E-state index >= 15 is 0 Å². The SMILES string of the molecule is Cc1cc2c(cc1/C=C1\SC(=O)N(Cc3ccc(Br)cc3)C1=O)[C@@H](C)CC(C)(C)N2C. The van der Waals surface area contributed by atoms with E-state index in [1.807, 2.05) is 30.3 Å². The van der Waals surface area contributed by atoms with Crippen molar-refractivity contribution in [3.63, 3.8) is 0 Å². The maximum absolute atomic E-state index is 13.0. The third-order valence-electron chi connectivity index (χ3n) is 6.44. The molecule has 2 aliphatic rings. The molecule has 2 heterocycles. The molecular weight excluding hydrogens is 472 g/mol. The molecule has 4 nitrogen and oxygen atoms in total. The van der Waals surface area contributed by atoms with Crippen molar-refractivity contribution in [1.29, 1.82) is 0 Å². The zero-order valence-electron chi connectivity index (χ0n) is 18.5. The molecule has 0 radical (unpaired) electrons. The molecular formula is C25H27BrN2O2S. The number of carbonyl (C=O) groups excluding carboxylic acids is 2. The molecule has 0 saturated carbocycles. The fourth-order valence-electron chi connectivity index (χ4n) is 4.44. The molecule has 1 atom stereocenters. The molecule has 1 fully saturated rings. The van der Waals surface area contributed by atoms with E-state index in [2.05, 4.69) is 67.7 Å². The lowest BCUT2D eigenvalue weighted by molar-refractivity contribution is -0.123. The van der Waals surface area contributed by atoms with Crippen LogP contribution in [-0.4, -0.2) is 28.6 Å². The van der Waals surface area contributed by atoms with Crippen LogP contribution < -0.4 is 4.90 Å². The highest BCUT2D eigenvalue weighted by molar-refractivity contribution is 9.10. The van der Waals surface area contributed by atoms with Crippen LogP contribution in [0.25, 0.3) is 6.08 Å². The Balaban J connectivity index is 1.63. The Bertz CT molecular complexity index is 1090. The van der Waals surface area contributed by atoms with Gasteiger partial charge in [0.05, 0.1) is 11.4 Å². The number of anilines is 1. The molecule has 0 spiro atoms. The summed E-state index contributed by atoms with van der Waals surface area (Å²) in [5.41, 5.74) is 5.70. The van der Waals surface area contributed by atoms with Gasteiger partial charge in [0.1, 0.15) is 0 Å². The summed E-state index contributed by atoms with van der Waals surface area (Å²) in [5, 5.41) is -0.218. The Kier molecular flexibility index (Phi) is 5.81. The second-order valence-corrected chi connectivity index (χ2v) is 11.0. The maximum atomic E-state index is 13.0. The Labute approximate surface area is 196 Å². The largest absolute Gasteiger partial charge is 0.369 e. The molecule has 2 aromatic carbocycles. The summed E-state index contributed by atoms with van der Waals surface area (Å²) in [5.74, 6) is 0.211. The van der Waals surface area contributed by atoms with Gasteiger partial charge >= 0.3 is 0 Å². The number of hydrogen-bond acceptors (Lipinski definition) is 4. The lowest BCUT2D eigenvalue weighted by Gasteiger charge is -2.45. The topological polar surface area (TPSA) is 40.6 Å². The minimum absolute atomic E-state index is 0.107. The highest BCUT2D eigenvalue weighted by Crippen LogP contribution is 2.44. The summed E-state index contributed by atoms with van der Waals surface area (Å²) in [4.78, 5) is 29.7. The van der Waals surface area contributed by atoms with Crippen molar-refractivity contribution in [2.75, 3.05) is 11.9 Å². The number of carbonyl (C=O) groups is 2. The molecule has 31 heavy (non-hydrogen) atoms. The fraction of sp³-hybridized carbons (Fsp3) is 0.360. The van der Waals surface area contributed by atoms with Gasteiger partial charge in [-0.1, -0.05) is 35.0 Å². The molecule has 2 aliphatic heterocycles. The zero-order chi connectivity index (χ0) is 22.5. The monoisotopic (exact) mass is 498 g/mol. The summed E-state index contributed by atoms with van der Waals surface area (Å²) in [7, 11) is 2.15. The average Bonchev–Trinajstić information content (AvgIpc) is 2.96. The second kappa shape index (κ2) is 8.14. The standard InChI is InChI=1S/C25H27BrN2O2S/c1-15-10-21-20(16(2)13-25(3,4)27(21)5)11-18(15)12-22-23(29)28(24(30)31-22)14-17-6-8-19(26)9-7-17/h6-12,16H,13-14H2,1-5H3/b22-12-/t16-/m0/s1. The number of thioether (sulfide) groups is 1. The first kappa shape index (κ1) is 22.2. The number of fused-ring (bicyclic) bond motifs is 1. The number of hydrogen-bond donors (Lipinski definition) is 0. The van der Waals surface area contributed by atoms with Crippen molar-refractivity contribution >= 4 is 50.6 Å². The van der Waals surface area contributed by atoms with Gasteiger partial charge in [-0.25, -0.2) is 0 Å². The Morgan fingerprint density at radius 3 is 2.55 bits per heavy atom. The molecule has 0 aromatic heterocycles. The van der Waals surface area contributed by atoms with Gasteiger partial charge in [-0.3, -0.25) is 14.5 Å². The van der Waals surface area contributed by atoms with E-state index in [1.165, 1.54) is 16.2 Å². The summed E-state index contributed by atoms with van der Waals surface area (Å²) < 4.78 is 0.969. The molecule has 0 aliphatic carbocycles. The van der Waals surface area contributed by atoms with Crippen LogP contribution in [0.5, 0.6) is 0 Å². The summed E-state index contributed by atoms with van der Waals surface area (Å²) >= 11 is 4.44. The lowest BCUT2D eigenvalue weighted by atomic mass is 9.79. The number of aryl methyl sites for hydroxylation is 1. The van der Waals surface area contributed by atoms with E-state index in [1.54, 1.807) is 0 Å². The van der Waals surface area contributed by atoms with Gasteiger partial charge in [-0.15, -0.1) is 0 Å². The van der Waals surface area contributed by atoms with Crippen molar-refractivity contribution in [2.45, 2.75) is 52.1 Å². The van der Waals surface area contributed by atoms with E-state index in [0.717, 1.165) is 39.3 Å². The lowest BCUT2D eigenvalue weighted by Crippen LogP contribution is -2.45. The number of rotatable bonds is 3. The van der Waals surface area contributed by atoms with Gasteiger partial charge in [0, 0.05) is 22.7 Å². The zero-order valence-corrected chi connectivity index (χ0v) is 20.9. The summed E-state index contributed by atoms with van der Waals surface area (Å²) in [6.45, 7) is 9.17. The average molecular weight is 499 g/mol. The molecule has 0 bridgehead atoms. The summed E-state index contributed by atoms with van der Waals surface area (Å²) in [6.07, 6.45) is 2.96. The number of halogens is 1. The predicted octanol–water partition coefficient (Wildman–Crippen LogP) is 6.72. The van der Waals surface area contributed by atoms with E-state index < -0.39 is 0 Å². The van der Waals surface area contributed by atoms with Gasteiger partial charge in [-0.2, -0.15) is 0 Å². The number of amides is 2. The van der Waals surface area contributed by atoms with Crippen LogP contribution in [0.4, 0.5) is 10.5 Å². The smallest absolute Gasteiger partial charge is 0.293 e. The van der Waals surface area contributed by atoms with Gasteiger partial charge in [0.25, 0.3) is 11.1 Å². The second-order valence-electron chi connectivity index (χ2n) is 9.14. The van der Waals surface area contributed by atoms with Crippen LogP contribution in [0.1, 0.15) is 55.4 Å². The van der Waals surface area contributed by atoms with E-state index in [-0.39, 0.29) is 23.2 Å². The van der Waals surface area contributed by atoms with Crippen molar-refractivity contribution in [1.82, 2.24) is 4.90 Å². The molecule has 1 saturated heterocycles. The highest BCUT2D eigenvalue weighted by atomic mass is 79.9. The van der Waals surface area contributed by atoms with Crippen molar-refractivity contribution in [3.8, 4) is 0 Å². The van der Waals surface area contributed by atoms with Crippen LogP contribution in [0.15, 0.2) is 45.8 Å². The number of nitrogens with zero attached hydrogens (tertiary/aromatic N) is 2. The van der Waals surface area contributed by atoms with Crippen molar-refractivity contribution < 1.29 is 9.59 Å². The van der Waals surface area contributed by atoms with Crippen LogP contribution in [0.3, 0.4) is 0 Å². The van der Waals surface area contributed by atoms with E-state index in [0.29, 0.717) is 10.8 Å². The normalized spacial score (nSPS) is 21.7.